The topological polar surface area (TPSA) is 228 Å². The summed E-state index contributed by atoms with van der Waals surface area (Å²) in [6.45, 7) is 2.67. The first kappa shape index (κ1) is 79.7. The van der Waals surface area contributed by atoms with Gasteiger partial charge in [0, 0.05) is 6.42 Å². The molecule has 0 spiro atoms. The van der Waals surface area contributed by atoms with Crippen LogP contribution >= 0.6 is 0 Å². The average molecular weight is 1220 g/mol. The van der Waals surface area contributed by atoms with Gasteiger partial charge in [-0.2, -0.15) is 0 Å². The molecule has 0 aliphatic carbocycles. The normalized spacial score (nSPS) is 24.0. The molecule has 0 bridgehead atoms. The van der Waals surface area contributed by atoms with Crippen molar-refractivity contribution in [1.29, 1.82) is 0 Å². The summed E-state index contributed by atoms with van der Waals surface area (Å²) in [7, 11) is 0. The van der Waals surface area contributed by atoms with Gasteiger partial charge in [0.1, 0.15) is 48.8 Å². The molecule has 0 aromatic heterocycles. The second-order valence-electron chi connectivity index (χ2n) is 23.9. The van der Waals surface area contributed by atoms with Crippen LogP contribution in [0.15, 0.2) is 109 Å². The van der Waals surface area contributed by atoms with Crippen molar-refractivity contribution in [3.8, 4) is 0 Å². The molecule has 2 saturated heterocycles. The van der Waals surface area contributed by atoms with Crippen LogP contribution in [0, 0.1) is 0 Å². The second kappa shape index (κ2) is 56.6. The molecule has 14 nitrogen and oxygen atoms in total. The highest BCUT2D eigenvalue weighted by Crippen LogP contribution is 2.30. The summed E-state index contributed by atoms with van der Waals surface area (Å²) >= 11 is 0. The van der Waals surface area contributed by atoms with E-state index in [1.807, 2.05) is 6.08 Å². The Morgan fingerprint density at radius 2 is 0.805 bits per heavy atom. The van der Waals surface area contributed by atoms with E-state index in [0.717, 1.165) is 83.5 Å². The molecule has 12 atom stereocenters. The third kappa shape index (κ3) is 40.9. The highest BCUT2D eigenvalue weighted by molar-refractivity contribution is 5.76. The summed E-state index contributed by atoms with van der Waals surface area (Å²) in [6, 6.07) is -0.941. The predicted octanol–water partition coefficient (Wildman–Crippen LogP) is 14.0. The Hall–Kier alpha value is -3.35. The Bertz CT molecular complexity index is 1880. The second-order valence-corrected chi connectivity index (χ2v) is 23.9. The minimum atomic E-state index is -1.80. The zero-order chi connectivity index (χ0) is 63.1. The van der Waals surface area contributed by atoms with E-state index in [2.05, 4.69) is 116 Å². The summed E-state index contributed by atoms with van der Waals surface area (Å²) in [4.78, 5) is 13.3. The third-order valence-electron chi connectivity index (χ3n) is 16.2. The van der Waals surface area contributed by atoms with E-state index in [4.69, 9.17) is 18.9 Å². The number of nitrogens with one attached hydrogen (secondary N) is 1. The van der Waals surface area contributed by atoms with Crippen molar-refractivity contribution in [2.24, 2.45) is 0 Å². The van der Waals surface area contributed by atoms with E-state index in [9.17, 15) is 45.6 Å². The monoisotopic (exact) mass is 1220 g/mol. The highest BCUT2D eigenvalue weighted by Gasteiger charge is 2.51. The molecule has 0 aromatic rings. The number of aliphatic hydroxyl groups excluding tert-OH is 8. The minimum Gasteiger partial charge on any atom is -0.394 e. The lowest BCUT2D eigenvalue weighted by Crippen LogP contribution is -2.65. The van der Waals surface area contributed by atoms with Gasteiger partial charge in [0.15, 0.2) is 12.6 Å². The smallest absolute Gasteiger partial charge is 0.220 e. The molecule has 9 N–H and O–H groups in total. The lowest BCUT2D eigenvalue weighted by molar-refractivity contribution is -0.359. The van der Waals surface area contributed by atoms with E-state index in [1.54, 1.807) is 6.08 Å². The van der Waals surface area contributed by atoms with Crippen molar-refractivity contribution in [1.82, 2.24) is 5.32 Å². The van der Waals surface area contributed by atoms with Crippen LogP contribution in [-0.4, -0.2) is 140 Å². The summed E-state index contributed by atoms with van der Waals surface area (Å²) < 4.78 is 22.8. The van der Waals surface area contributed by atoms with Crippen molar-refractivity contribution < 1.29 is 64.6 Å². The first-order valence-electron chi connectivity index (χ1n) is 34.6. The lowest BCUT2D eigenvalue weighted by Gasteiger charge is -2.46. The number of carbonyl (C=O) groups excluding carboxylic acids is 1. The molecule has 500 valence electrons. The van der Waals surface area contributed by atoms with Crippen LogP contribution in [0.5, 0.6) is 0 Å². The Balaban J connectivity index is 1.69. The molecular formula is C73H125NO13. The van der Waals surface area contributed by atoms with Gasteiger partial charge in [0.25, 0.3) is 0 Å². The van der Waals surface area contributed by atoms with Crippen LogP contribution in [0.3, 0.4) is 0 Å². The van der Waals surface area contributed by atoms with E-state index in [1.165, 1.54) is 135 Å². The maximum Gasteiger partial charge on any atom is 0.220 e. The molecule has 1 amide bonds. The van der Waals surface area contributed by atoms with Gasteiger partial charge >= 0.3 is 0 Å². The molecular weight excluding hydrogens is 1100 g/mol. The van der Waals surface area contributed by atoms with Gasteiger partial charge in [-0.05, 0) is 89.9 Å². The SMILES string of the molecule is CC/C=C\C/C=C\C/C=C\C/C=C\C/C=C\C/C=C\C/C=C\CCCCCCCCCCCCCC(=O)NC(COC1OC(CO)C(OC2OC(CO)C(O)C(O)C2O)C(O)C1O)C(O)/C=C/CC/C=C/CCCCCCCCCCCCCCCC. The number of ether oxygens (including phenoxy) is 4. The summed E-state index contributed by atoms with van der Waals surface area (Å²) in [5.41, 5.74) is 0. The quantitative estimate of drug-likeness (QED) is 0.0204. The largest absolute Gasteiger partial charge is 0.394 e. The number of aliphatic hydroxyl groups is 8. The number of hydrogen-bond donors (Lipinski definition) is 9. The molecule has 0 saturated carbocycles. The maximum atomic E-state index is 13.3. The fourth-order valence-electron chi connectivity index (χ4n) is 10.7. The van der Waals surface area contributed by atoms with E-state index >= 15 is 0 Å². The molecule has 87 heavy (non-hydrogen) atoms. The number of amides is 1. The standard InChI is InChI=1S/C73H125NO13/c1-3-5-7-9-11-13-15-17-19-21-23-25-26-27-28-29-30-31-32-33-34-35-36-37-39-41-43-45-47-49-51-53-55-57-65(78)74-61(62(77)56-54-52-50-48-46-44-42-40-38-24-22-20-18-16-14-12-10-8-6-4-2)60-84-72-70(83)68(81)71(64(59-76)86-72)87-73-69(82)67(80)66(79)63(58-75)85-73/h5,7,11,13,17,19,23,25,27-28,30-31,33-34,46,48,54,56,61-64,66-73,75-77,79-83H,3-4,6,8-10,12,14-16,18,20-22,24,26,29,32,35-45,47,49-53,55,57-60H2,1-2H3,(H,74,78)/b7-5-,13-11-,19-17-,25-23-,28-27-,31-30-,34-33-,48-46+,56-54+. The average Bonchev–Trinajstić information content (AvgIpc) is 2.59. The number of allylic oxidation sites excluding steroid dienone is 17. The van der Waals surface area contributed by atoms with Gasteiger partial charge in [0.05, 0.1) is 32.0 Å². The van der Waals surface area contributed by atoms with Crippen LogP contribution in [0.2, 0.25) is 0 Å². The number of unbranched alkanes of at least 4 members (excludes halogenated alkanes) is 26. The van der Waals surface area contributed by atoms with Crippen molar-refractivity contribution in [2.75, 3.05) is 19.8 Å². The van der Waals surface area contributed by atoms with Crippen molar-refractivity contribution in [3.05, 3.63) is 109 Å². The summed E-state index contributed by atoms with van der Waals surface area (Å²) in [6.07, 6.45) is 64.2. The molecule has 2 fully saturated rings. The van der Waals surface area contributed by atoms with Crippen molar-refractivity contribution >= 4 is 5.91 Å². The Morgan fingerprint density at radius 3 is 1.26 bits per heavy atom. The molecule has 12 unspecified atom stereocenters. The van der Waals surface area contributed by atoms with Crippen LogP contribution in [0.4, 0.5) is 0 Å². The highest BCUT2D eigenvalue weighted by atomic mass is 16.7. The van der Waals surface area contributed by atoms with Gasteiger partial charge in [-0.25, -0.2) is 0 Å². The fraction of sp³-hybridized carbons (Fsp3) is 0.740. The van der Waals surface area contributed by atoms with Crippen LogP contribution in [-0.2, 0) is 23.7 Å². The first-order chi connectivity index (χ1) is 42.6. The fourth-order valence-corrected chi connectivity index (χ4v) is 10.7. The maximum absolute atomic E-state index is 13.3. The van der Waals surface area contributed by atoms with Gasteiger partial charge < -0.3 is 65.1 Å². The summed E-state index contributed by atoms with van der Waals surface area (Å²) in [5, 5.41) is 87.4. The Morgan fingerprint density at radius 1 is 0.425 bits per heavy atom. The van der Waals surface area contributed by atoms with Crippen LogP contribution in [0.1, 0.15) is 251 Å². The lowest BCUT2D eigenvalue weighted by atomic mass is 9.97. The van der Waals surface area contributed by atoms with E-state index in [0.29, 0.717) is 12.8 Å². The van der Waals surface area contributed by atoms with Gasteiger partial charge in [-0.15, -0.1) is 0 Å². The molecule has 0 radical (unpaired) electrons. The minimum absolute atomic E-state index is 0.255. The summed E-state index contributed by atoms with van der Waals surface area (Å²) in [5.74, 6) is -0.255. The number of carbonyl (C=O) groups is 1. The van der Waals surface area contributed by atoms with Gasteiger partial charge in [0.2, 0.25) is 5.91 Å². The zero-order valence-corrected chi connectivity index (χ0v) is 54.2. The molecule has 2 aliphatic rings. The van der Waals surface area contributed by atoms with Crippen LogP contribution < -0.4 is 5.32 Å². The van der Waals surface area contributed by atoms with E-state index < -0.39 is 86.8 Å². The molecule has 2 rings (SSSR count). The Kier molecular flexibility index (Phi) is 51.9. The number of hydrogen-bond acceptors (Lipinski definition) is 13. The van der Waals surface area contributed by atoms with Crippen LogP contribution in [0.25, 0.3) is 0 Å². The van der Waals surface area contributed by atoms with Gasteiger partial charge in [-0.3, -0.25) is 4.79 Å². The molecule has 2 heterocycles. The molecule has 2 aliphatic heterocycles. The predicted molar refractivity (Wildman–Crippen MR) is 355 cm³/mol. The number of rotatable bonds is 55. The van der Waals surface area contributed by atoms with Crippen molar-refractivity contribution in [3.63, 3.8) is 0 Å². The molecule has 0 aromatic carbocycles. The van der Waals surface area contributed by atoms with Crippen molar-refractivity contribution in [2.45, 2.75) is 325 Å². The third-order valence-corrected chi connectivity index (χ3v) is 16.2. The zero-order valence-electron chi connectivity index (χ0n) is 54.2. The van der Waals surface area contributed by atoms with E-state index in [-0.39, 0.29) is 18.9 Å². The Labute approximate surface area is 527 Å². The molecule has 14 heteroatoms. The van der Waals surface area contributed by atoms with Gasteiger partial charge in [-0.1, -0.05) is 264 Å². The first-order valence-corrected chi connectivity index (χ1v) is 34.6.